The number of carboxylic acid groups (broad SMARTS) is 1. The van der Waals surface area contributed by atoms with Gasteiger partial charge in [0, 0.05) is 12.0 Å². The molecule has 0 aliphatic heterocycles. The molecule has 0 bridgehead atoms. The van der Waals surface area contributed by atoms with Crippen molar-refractivity contribution in [3.8, 4) is 0 Å². The van der Waals surface area contributed by atoms with Crippen molar-refractivity contribution in [1.29, 1.82) is 0 Å². The molecule has 5 nitrogen and oxygen atoms in total. The fraction of sp³-hybridized carbons (Fsp3) is 0.625. The average molecular weight is 291 g/mol. The van der Waals surface area contributed by atoms with E-state index in [0.29, 0.717) is 12.8 Å². The van der Waals surface area contributed by atoms with Crippen LogP contribution in [0.5, 0.6) is 0 Å². The first-order valence-corrected chi connectivity index (χ1v) is 7.37. The van der Waals surface area contributed by atoms with Crippen LogP contribution in [-0.2, 0) is 16.0 Å². The van der Waals surface area contributed by atoms with Crippen LogP contribution in [0.1, 0.15) is 56.2 Å². The number of nitrogens with one attached hydrogen (secondary N) is 1. The third-order valence-electron chi connectivity index (χ3n) is 4.64. The molecule has 0 aromatic carbocycles. The van der Waals surface area contributed by atoms with Gasteiger partial charge in [0.15, 0.2) is 0 Å². The Morgan fingerprint density at radius 1 is 1.38 bits per heavy atom. The maximum atomic E-state index is 12.3. The van der Waals surface area contributed by atoms with Gasteiger partial charge in [-0.3, -0.25) is 9.59 Å². The van der Waals surface area contributed by atoms with E-state index in [0.717, 1.165) is 29.9 Å². The Balaban J connectivity index is 1.85. The number of carboxylic acids is 1. The second-order valence-electron chi connectivity index (χ2n) is 7.19. The van der Waals surface area contributed by atoms with E-state index in [1.165, 1.54) is 0 Å². The Kier molecular flexibility index (Phi) is 2.94. The van der Waals surface area contributed by atoms with E-state index in [1.54, 1.807) is 0 Å². The maximum Gasteiger partial charge on any atom is 0.319 e. The molecule has 114 valence electrons. The third-order valence-corrected chi connectivity index (χ3v) is 4.64. The molecule has 1 aromatic heterocycles. The summed E-state index contributed by atoms with van der Waals surface area (Å²) >= 11 is 0. The molecule has 2 N–H and O–H groups in total. The summed E-state index contributed by atoms with van der Waals surface area (Å²) in [4.78, 5) is 23.6. The SMILES string of the molecule is Cc1cc2c(o1)CC(C)(C)CC2NC(=O)C1(C(=O)O)CC1. The highest BCUT2D eigenvalue weighted by molar-refractivity contribution is 6.05. The van der Waals surface area contributed by atoms with Crippen molar-refractivity contribution in [3.63, 3.8) is 0 Å². The van der Waals surface area contributed by atoms with Crippen molar-refractivity contribution in [1.82, 2.24) is 5.32 Å². The number of hydrogen-bond acceptors (Lipinski definition) is 3. The van der Waals surface area contributed by atoms with Crippen molar-refractivity contribution in [2.75, 3.05) is 0 Å². The van der Waals surface area contributed by atoms with Crippen molar-refractivity contribution in [2.24, 2.45) is 10.8 Å². The number of aliphatic carboxylic acids is 1. The summed E-state index contributed by atoms with van der Waals surface area (Å²) in [5.74, 6) is 0.367. The molecule has 0 saturated heterocycles. The highest BCUT2D eigenvalue weighted by Gasteiger charge is 2.57. The Labute approximate surface area is 123 Å². The molecule has 1 fully saturated rings. The van der Waals surface area contributed by atoms with Gasteiger partial charge in [0.25, 0.3) is 0 Å². The number of furan rings is 1. The fourth-order valence-corrected chi connectivity index (χ4v) is 3.27. The zero-order chi connectivity index (χ0) is 15.4. The van der Waals surface area contributed by atoms with E-state index in [9.17, 15) is 14.7 Å². The third kappa shape index (κ3) is 2.34. The van der Waals surface area contributed by atoms with Gasteiger partial charge in [-0.05, 0) is 37.7 Å². The minimum Gasteiger partial charge on any atom is -0.480 e. The molecule has 2 aliphatic carbocycles. The maximum absolute atomic E-state index is 12.3. The highest BCUT2D eigenvalue weighted by Crippen LogP contribution is 2.48. The van der Waals surface area contributed by atoms with Crippen LogP contribution in [0.25, 0.3) is 0 Å². The summed E-state index contributed by atoms with van der Waals surface area (Å²) in [6.07, 6.45) is 2.50. The zero-order valence-corrected chi connectivity index (χ0v) is 12.7. The number of aryl methyl sites for hydroxylation is 1. The Hall–Kier alpha value is -1.78. The Morgan fingerprint density at radius 2 is 2.05 bits per heavy atom. The van der Waals surface area contributed by atoms with Crippen LogP contribution < -0.4 is 5.32 Å². The van der Waals surface area contributed by atoms with Crippen LogP contribution >= 0.6 is 0 Å². The van der Waals surface area contributed by atoms with Crippen LogP contribution in [-0.4, -0.2) is 17.0 Å². The molecule has 1 aromatic rings. The summed E-state index contributed by atoms with van der Waals surface area (Å²) in [7, 11) is 0. The number of fused-ring (bicyclic) bond motifs is 1. The first kappa shape index (κ1) is 14.2. The Bertz CT molecular complexity index is 610. The van der Waals surface area contributed by atoms with Gasteiger partial charge >= 0.3 is 5.97 Å². The normalized spacial score (nSPS) is 25.0. The summed E-state index contributed by atoms with van der Waals surface area (Å²) in [5.41, 5.74) is -0.170. The largest absolute Gasteiger partial charge is 0.480 e. The molecule has 21 heavy (non-hydrogen) atoms. The monoisotopic (exact) mass is 291 g/mol. The lowest BCUT2D eigenvalue weighted by atomic mass is 9.74. The molecule has 0 radical (unpaired) electrons. The van der Waals surface area contributed by atoms with Crippen molar-refractivity contribution < 1.29 is 19.1 Å². The van der Waals surface area contributed by atoms with Crippen LogP contribution in [0.15, 0.2) is 10.5 Å². The molecule has 3 rings (SSSR count). The first-order chi connectivity index (χ1) is 9.73. The summed E-state index contributed by atoms with van der Waals surface area (Å²) in [6, 6.07) is 1.79. The lowest BCUT2D eigenvalue weighted by Crippen LogP contribution is -2.42. The number of hydrogen-bond donors (Lipinski definition) is 2. The van der Waals surface area contributed by atoms with E-state index in [2.05, 4.69) is 19.2 Å². The smallest absolute Gasteiger partial charge is 0.319 e. The zero-order valence-electron chi connectivity index (χ0n) is 12.7. The van der Waals surface area contributed by atoms with Crippen LogP contribution in [0, 0.1) is 17.8 Å². The lowest BCUT2D eigenvalue weighted by Gasteiger charge is -2.35. The second kappa shape index (κ2) is 4.36. The van der Waals surface area contributed by atoms with Crippen LogP contribution in [0.3, 0.4) is 0 Å². The quantitative estimate of drug-likeness (QED) is 0.839. The van der Waals surface area contributed by atoms with E-state index >= 15 is 0 Å². The number of amides is 1. The highest BCUT2D eigenvalue weighted by atomic mass is 16.4. The van der Waals surface area contributed by atoms with Crippen LogP contribution in [0.2, 0.25) is 0 Å². The molecule has 5 heteroatoms. The number of rotatable bonds is 3. The van der Waals surface area contributed by atoms with Gasteiger partial charge in [0.05, 0.1) is 6.04 Å². The molecular formula is C16H21NO4. The van der Waals surface area contributed by atoms with E-state index in [1.807, 2.05) is 13.0 Å². The minimum atomic E-state index is -1.19. The van der Waals surface area contributed by atoms with Gasteiger partial charge in [-0.2, -0.15) is 0 Å². The lowest BCUT2D eigenvalue weighted by molar-refractivity contribution is -0.149. The summed E-state index contributed by atoms with van der Waals surface area (Å²) in [6.45, 7) is 6.16. The Morgan fingerprint density at radius 3 is 2.62 bits per heavy atom. The van der Waals surface area contributed by atoms with Gasteiger partial charge in [0.1, 0.15) is 16.9 Å². The van der Waals surface area contributed by atoms with Gasteiger partial charge in [-0.25, -0.2) is 0 Å². The summed E-state index contributed by atoms with van der Waals surface area (Å²) < 4.78 is 5.73. The minimum absolute atomic E-state index is 0.0230. The van der Waals surface area contributed by atoms with E-state index in [-0.39, 0.29) is 17.4 Å². The summed E-state index contributed by atoms with van der Waals surface area (Å²) in [5, 5.41) is 12.2. The molecule has 1 unspecified atom stereocenters. The van der Waals surface area contributed by atoms with Gasteiger partial charge < -0.3 is 14.8 Å². The van der Waals surface area contributed by atoms with Crippen LogP contribution in [0.4, 0.5) is 0 Å². The standard InChI is InChI=1S/C16H21NO4/c1-9-6-10-11(7-15(2,3)8-12(10)21-9)17-13(18)16(4-5-16)14(19)20/h6,11H,4-5,7-8H2,1-3H3,(H,17,18)(H,19,20). The fourth-order valence-electron chi connectivity index (χ4n) is 3.27. The molecule has 1 saturated carbocycles. The molecule has 1 amide bonds. The average Bonchev–Trinajstić information content (AvgIpc) is 3.07. The predicted octanol–water partition coefficient (Wildman–Crippen LogP) is 2.58. The molecule has 1 heterocycles. The first-order valence-electron chi connectivity index (χ1n) is 7.37. The van der Waals surface area contributed by atoms with Crippen molar-refractivity contribution in [2.45, 2.75) is 52.5 Å². The van der Waals surface area contributed by atoms with E-state index < -0.39 is 11.4 Å². The molecule has 0 spiro atoms. The van der Waals surface area contributed by atoms with E-state index in [4.69, 9.17) is 4.42 Å². The second-order valence-corrected chi connectivity index (χ2v) is 7.19. The van der Waals surface area contributed by atoms with Crippen molar-refractivity contribution >= 4 is 11.9 Å². The molecular weight excluding hydrogens is 270 g/mol. The van der Waals surface area contributed by atoms with Crippen molar-refractivity contribution in [3.05, 3.63) is 23.2 Å². The number of carbonyl (C=O) groups excluding carboxylic acids is 1. The molecule has 2 aliphatic rings. The molecule has 1 atom stereocenters. The van der Waals surface area contributed by atoms with Gasteiger partial charge in [-0.15, -0.1) is 0 Å². The number of carbonyl (C=O) groups is 2. The van der Waals surface area contributed by atoms with Gasteiger partial charge in [0.2, 0.25) is 5.91 Å². The topological polar surface area (TPSA) is 79.5 Å². The van der Waals surface area contributed by atoms with Gasteiger partial charge in [-0.1, -0.05) is 13.8 Å². The predicted molar refractivity (Wildman–Crippen MR) is 75.7 cm³/mol.